The summed E-state index contributed by atoms with van der Waals surface area (Å²) < 4.78 is 2.04. The zero-order chi connectivity index (χ0) is 19.9. The van der Waals surface area contributed by atoms with E-state index in [1.807, 2.05) is 35.6 Å². The summed E-state index contributed by atoms with van der Waals surface area (Å²) in [5.74, 6) is 1.80. The number of carbonyl (C=O) groups excluding carboxylic acids is 1. The average Bonchev–Trinajstić information content (AvgIpc) is 3.21. The summed E-state index contributed by atoms with van der Waals surface area (Å²) in [5.41, 5.74) is 4.23. The first kappa shape index (κ1) is 18.7. The van der Waals surface area contributed by atoms with Crippen LogP contribution in [0.1, 0.15) is 45.4 Å². The number of aryl methyl sites for hydroxylation is 1. The first-order chi connectivity index (χ1) is 13.5. The van der Waals surface area contributed by atoms with Crippen molar-refractivity contribution in [3.63, 3.8) is 0 Å². The van der Waals surface area contributed by atoms with E-state index in [1.54, 1.807) is 12.4 Å². The number of hydrogen-bond donors (Lipinski definition) is 0. The number of aromatic nitrogens is 3. The Morgan fingerprint density at radius 1 is 1.36 bits per heavy atom. The molecule has 0 bridgehead atoms. The summed E-state index contributed by atoms with van der Waals surface area (Å²) in [7, 11) is 2.02. The van der Waals surface area contributed by atoms with Crippen LogP contribution in [0, 0.1) is 5.92 Å². The van der Waals surface area contributed by atoms with Gasteiger partial charge in [0.15, 0.2) is 0 Å². The first-order valence-electron chi connectivity index (χ1n) is 10.0. The highest BCUT2D eigenvalue weighted by Crippen LogP contribution is 2.53. The number of carbonyl (C=O) groups is 1. The Morgan fingerprint density at radius 2 is 2.14 bits per heavy atom. The van der Waals surface area contributed by atoms with Crippen molar-refractivity contribution < 1.29 is 4.79 Å². The second-order valence-electron chi connectivity index (χ2n) is 8.37. The maximum absolute atomic E-state index is 13.0. The molecule has 1 aliphatic heterocycles. The number of amides is 1. The van der Waals surface area contributed by atoms with E-state index in [0.717, 1.165) is 48.4 Å². The third-order valence-electron chi connectivity index (χ3n) is 6.25. The summed E-state index contributed by atoms with van der Waals surface area (Å²) in [6, 6.07) is 0. The second kappa shape index (κ2) is 7.04. The van der Waals surface area contributed by atoms with Gasteiger partial charge in [0.25, 0.3) is 5.91 Å². The standard InChI is InChI=1S/C23H28N4O/c1-5-6-10-20-17(3)14-27(21(20)28)19-9-7-8-18(11-19)23(12-16(2)13-23)22-25-24-15-26(22)4/h5-6,8,10-11,15-16H,1,7,9,12-14H2,2-4H3/b10-6-. The molecule has 4 rings (SSSR count). The molecule has 1 aromatic heterocycles. The Balaban J connectivity index is 1.65. The van der Waals surface area contributed by atoms with Crippen LogP contribution in [0.15, 0.2) is 65.7 Å². The number of nitrogens with zero attached hydrogens (tertiary/aromatic N) is 4. The van der Waals surface area contributed by atoms with Crippen LogP contribution in [0.4, 0.5) is 0 Å². The lowest BCUT2D eigenvalue weighted by Crippen LogP contribution is -2.44. The van der Waals surface area contributed by atoms with E-state index in [4.69, 9.17) is 0 Å². The van der Waals surface area contributed by atoms with Crippen LogP contribution in [0.25, 0.3) is 0 Å². The van der Waals surface area contributed by atoms with Crippen molar-refractivity contribution in [3.05, 3.63) is 71.5 Å². The SMILES string of the molecule is C=C/C=C\C1=C(C)CN(C2=CC(C3(c4nncn4C)CC(C)C3)=CCC2)C1=O. The smallest absolute Gasteiger partial charge is 0.258 e. The van der Waals surface area contributed by atoms with Gasteiger partial charge in [0.1, 0.15) is 12.2 Å². The van der Waals surface area contributed by atoms with Gasteiger partial charge in [-0.1, -0.05) is 31.7 Å². The maximum atomic E-state index is 13.0. The molecule has 0 radical (unpaired) electrons. The Labute approximate surface area is 166 Å². The quantitative estimate of drug-likeness (QED) is 0.730. The molecule has 5 heteroatoms. The summed E-state index contributed by atoms with van der Waals surface area (Å²) >= 11 is 0. The summed E-state index contributed by atoms with van der Waals surface area (Å²) in [6.45, 7) is 8.70. The van der Waals surface area contributed by atoms with Gasteiger partial charge in [-0.3, -0.25) is 4.79 Å². The van der Waals surface area contributed by atoms with Crippen molar-refractivity contribution >= 4 is 5.91 Å². The highest BCUT2D eigenvalue weighted by Gasteiger charge is 2.49. The predicted molar refractivity (Wildman–Crippen MR) is 110 cm³/mol. The lowest BCUT2D eigenvalue weighted by atomic mass is 9.57. The van der Waals surface area contributed by atoms with Crippen molar-refractivity contribution in [1.29, 1.82) is 0 Å². The Hall–Kier alpha value is -2.69. The molecule has 1 saturated carbocycles. The van der Waals surface area contributed by atoms with Crippen LogP contribution < -0.4 is 0 Å². The molecule has 2 heterocycles. The molecule has 0 unspecified atom stereocenters. The van der Waals surface area contributed by atoms with Crippen LogP contribution in [-0.4, -0.2) is 32.1 Å². The molecule has 1 aromatic rings. The lowest BCUT2D eigenvalue weighted by molar-refractivity contribution is -0.123. The zero-order valence-electron chi connectivity index (χ0n) is 17.0. The largest absolute Gasteiger partial charge is 0.320 e. The minimum atomic E-state index is -0.0762. The molecule has 2 aliphatic carbocycles. The maximum Gasteiger partial charge on any atom is 0.258 e. The zero-order valence-corrected chi connectivity index (χ0v) is 17.0. The van der Waals surface area contributed by atoms with Crippen molar-refractivity contribution in [2.24, 2.45) is 13.0 Å². The van der Waals surface area contributed by atoms with Gasteiger partial charge >= 0.3 is 0 Å². The van der Waals surface area contributed by atoms with Gasteiger partial charge in [-0.05, 0) is 61.8 Å². The van der Waals surface area contributed by atoms with Crippen molar-refractivity contribution in [2.75, 3.05) is 6.54 Å². The van der Waals surface area contributed by atoms with Gasteiger partial charge in [0.2, 0.25) is 0 Å². The van der Waals surface area contributed by atoms with Gasteiger partial charge in [-0.2, -0.15) is 0 Å². The van der Waals surface area contributed by atoms with E-state index in [-0.39, 0.29) is 11.3 Å². The highest BCUT2D eigenvalue weighted by molar-refractivity contribution is 6.00. The molecule has 0 atom stereocenters. The topological polar surface area (TPSA) is 51.0 Å². The van der Waals surface area contributed by atoms with Crippen LogP contribution in [0.3, 0.4) is 0 Å². The van der Waals surface area contributed by atoms with E-state index in [2.05, 4.69) is 35.9 Å². The third kappa shape index (κ3) is 2.89. The fourth-order valence-corrected chi connectivity index (χ4v) is 4.96. The molecule has 28 heavy (non-hydrogen) atoms. The molecule has 3 aliphatic rings. The molecular formula is C23H28N4O. The molecule has 0 saturated heterocycles. The van der Waals surface area contributed by atoms with Crippen molar-refractivity contribution in [1.82, 2.24) is 19.7 Å². The van der Waals surface area contributed by atoms with Gasteiger partial charge in [0.05, 0.1) is 5.41 Å². The highest BCUT2D eigenvalue weighted by atomic mass is 16.2. The molecule has 5 nitrogen and oxygen atoms in total. The molecular weight excluding hydrogens is 348 g/mol. The Bertz CT molecular complexity index is 938. The van der Waals surface area contributed by atoms with Gasteiger partial charge in [0, 0.05) is 24.9 Å². The van der Waals surface area contributed by atoms with Crippen LogP contribution in [-0.2, 0) is 17.3 Å². The normalized spacial score (nSPS) is 27.9. The van der Waals surface area contributed by atoms with Crippen molar-refractivity contribution in [2.45, 2.75) is 44.9 Å². The second-order valence-corrected chi connectivity index (χ2v) is 8.37. The van der Waals surface area contributed by atoms with Crippen LogP contribution >= 0.6 is 0 Å². The summed E-state index contributed by atoms with van der Waals surface area (Å²) in [6.07, 6.45) is 15.8. The Kier molecular flexibility index (Phi) is 4.69. The average molecular weight is 377 g/mol. The predicted octanol–water partition coefficient (Wildman–Crippen LogP) is 3.99. The van der Waals surface area contributed by atoms with Gasteiger partial charge in [-0.15, -0.1) is 10.2 Å². The summed E-state index contributed by atoms with van der Waals surface area (Å²) in [5, 5.41) is 8.58. The molecule has 1 fully saturated rings. The van der Waals surface area contributed by atoms with Crippen LogP contribution in [0.2, 0.25) is 0 Å². The number of allylic oxidation sites excluding steroid dienone is 6. The minimum absolute atomic E-state index is 0.0762. The van der Waals surface area contributed by atoms with E-state index in [1.165, 1.54) is 5.57 Å². The molecule has 1 amide bonds. The number of hydrogen-bond acceptors (Lipinski definition) is 3. The molecule has 146 valence electrons. The van der Waals surface area contributed by atoms with E-state index in [9.17, 15) is 4.79 Å². The Morgan fingerprint density at radius 3 is 2.79 bits per heavy atom. The first-order valence-corrected chi connectivity index (χ1v) is 10.0. The fraction of sp³-hybridized carbons (Fsp3) is 0.435. The lowest BCUT2D eigenvalue weighted by Gasteiger charge is -2.47. The monoisotopic (exact) mass is 376 g/mol. The molecule has 0 aromatic carbocycles. The van der Waals surface area contributed by atoms with E-state index >= 15 is 0 Å². The summed E-state index contributed by atoms with van der Waals surface area (Å²) in [4.78, 5) is 14.9. The van der Waals surface area contributed by atoms with E-state index < -0.39 is 0 Å². The molecule has 0 N–H and O–H groups in total. The third-order valence-corrected chi connectivity index (χ3v) is 6.25. The van der Waals surface area contributed by atoms with Gasteiger partial charge in [-0.25, -0.2) is 0 Å². The van der Waals surface area contributed by atoms with E-state index in [0.29, 0.717) is 12.5 Å². The van der Waals surface area contributed by atoms with Gasteiger partial charge < -0.3 is 9.47 Å². The molecule has 0 spiro atoms. The van der Waals surface area contributed by atoms with Crippen LogP contribution in [0.5, 0.6) is 0 Å². The number of rotatable bonds is 5. The minimum Gasteiger partial charge on any atom is -0.320 e. The van der Waals surface area contributed by atoms with Crippen molar-refractivity contribution in [3.8, 4) is 0 Å². The fourth-order valence-electron chi connectivity index (χ4n) is 4.96.